The standard InChI is InChI=1S/C16H14O4/c1-11(17)3-5-13-7-9-15(19-13)16-10-8-14(20-16)6-4-12(2)18/h3-10H,1-2H3. The van der Waals surface area contributed by atoms with Crippen LogP contribution in [0.25, 0.3) is 23.7 Å². The molecule has 0 amide bonds. The van der Waals surface area contributed by atoms with Crippen molar-refractivity contribution in [3.05, 3.63) is 47.9 Å². The number of rotatable bonds is 5. The van der Waals surface area contributed by atoms with Crippen molar-refractivity contribution in [2.75, 3.05) is 0 Å². The Bertz CT molecular complexity index is 623. The van der Waals surface area contributed by atoms with Gasteiger partial charge in [-0.1, -0.05) is 0 Å². The van der Waals surface area contributed by atoms with Crippen LogP contribution in [0.15, 0.2) is 45.3 Å². The average molecular weight is 270 g/mol. The maximum Gasteiger partial charge on any atom is 0.170 e. The molecule has 2 rings (SSSR count). The highest BCUT2D eigenvalue weighted by Crippen LogP contribution is 2.25. The zero-order valence-corrected chi connectivity index (χ0v) is 11.3. The number of hydrogen-bond donors (Lipinski definition) is 0. The first-order valence-electron chi connectivity index (χ1n) is 6.12. The molecule has 0 unspecified atom stereocenters. The molecular weight excluding hydrogens is 256 g/mol. The summed E-state index contributed by atoms with van der Waals surface area (Å²) in [6, 6.07) is 7.03. The third kappa shape index (κ3) is 3.68. The van der Waals surface area contributed by atoms with E-state index in [0.717, 1.165) is 0 Å². The van der Waals surface area contributed by atoms with E-state index in [-0.39, 0.29) is 11.6 Å². The smallest absolute Gasteiger partial charge is 0.170 e. The van der Waals surface area contributed by atoms with E-state index < -0.39 is 0 Å². The maximum atomic E-state index is 10.8. The van der Waals surface area contributed by atoms with E-state index in [1.165, 1.54) is 26.0 Å². The van der Waals surface area contributed by atoms with Gasteiger partial charge in [0.25, 0.3) is 0 Å². The molecule has 102 valence electrons. The number of ketones is 2. The SMILES string of the molecule is CC(=O)C=Cc1ccc(-c2ccc(C=CC(C)=O)o2)o1. The minimum absolute atomic E-state index is 0.0439. The third-order valence-electron chi connectivity index (χ3n) is 2.46. The second-order valence-electron chi connectivity index (χ2n) is 4.29. The summed E-state index contributed by atoms with van der Waals surface area (Å²) in [4.78, 5) is 21.7. The van der Waals surface area contributed by atoms with Crippen molar-refractivity contribution in [1.82, 2.24) is 0 Å². The first-order chi connectivity index (χ1) is 9.54. The van der Waals surface area contributed by atoms with E-state index in [4.69, 9.17) is 8.83 Å². The van der Waals surface area contributed by atoms with Crippen LogP contribution in [0, 0.1) is 0 Å². The van der Waals surface area contributed by atoms with Gasteiger partial charge < -0.3 is 8.83 Å². The lowest BCUT2D eigenvalue weighted by atomic mass is 10.3. The average Bonchev–Trinajstić information content (AvgIpc) is 3.02. The highest BCUT2D eigenvalue weighted by molar-refractivity contribution is 5.91. The second kappa shape index (κ2) is 6.02. The first kappa shape index (κ1) is 13.8. The number of furan rings is 2. The molecule has 4 heteroatoms. The topological polar surface area (TPSA) is 60.4 Å². The van der Waals surface area contributed by atoms with Crippen molar-refractivity contribution in [2.45, 2.75) is 13.8 Å². The Balaban J connectivity index is 2.16. The second-order valence-corrected chi connectivity index (χ2v) is 4.29. The fourth-order valence-corrected chi connectivity index (χ4v) is 1.55. The van der Waals surface area contributed by atoms with Crippen LogP contribution in [0.4, 0.5) is 0 Å². The summed E-state index contributed by atoms with van der Waals surface area (Å²) in [5.74, 6) is 2.20. The fraction of sp³-hybridized carbons (Fsp3) is 0.125. The quantitative estimate of drug-likeness (QED) is 0.776. The summed E-state index contributed by atoms with van der Waals surface area (Å²) in [6.45, 7) is 2.95. The molecule has 20 heavy (non-hydrogen) atoms. The molecule has 0 radical (unpaired) electrons. The first-order valence-corrected chi connectivity index (χ1v) is 6.12. The van der Waals surface area contributed by atoms with Gasteiger partial charge in [0, 0.05) is 0 Å². The normalized spacial score (nSPS) is 11.5. The molecular formula is C16H14O4. The van der Waals surface area contributed by atoms with E-state index in [2.05, 4.69) is 0 Å². The van der Waals surface area contributed by atoms with E-state index in [9.17, 15) is 9.59 Å². The number of hydrogen-bond acceptors (Lipinski definition) is 4. The van der Waals surface area contributed by atoms with E-state index in [1.54, 1.807) is 36.4 Å². The summed E-state index contributed by atoms with van der Waals surface area (Å²) in [5.41, 5.74) is 0. The number of allylic oxidation sites excluding steroid dienone is 2. The molecule has 2 heterocycles. The Morgan fingerprint density at radius 2 is 1.20 bits per heavy atom. The van der Waals surface area contributed by atoms with E-state index in [1.807, 2.05) is 0 Å². The van der Waals surface area contributed by atoms with E-state index in [0.29, 0.717) is 23.0 Å². The Labute approximate surface area is 116 Å². The fourth-order valence-electron chi connectivity index (χ4n) is 1.55. The number of carbonyl (C=O) groups excluding carboxylic acids is 2. The van der Waals surface area contributed by atoms with Gasteiger partial charge in [-0.2, -0.15) is 0 Å². The molecule has 0 aliphatic heterocycles. The van der Waals surface area contributed by atoms with Crippen molar-refractivity contribution in [3.8, 4) is 11.5 Å². The Hall–Kier alpha value is -2.62. The van der Waals surface area contributed by atoms with Gasteiger partial charge in [-0.3, -0.25) is 9.59 Å². The lowest BCUT2D eigenvalue weighted by Gasteiger charge is -1.90. The number of carbonyl (C=O) groups is 2. The Morgan fingerprint density at radius 3 is 1.55 bits per heavy atom. The summed E-state index contributed by atoms with van der Waals surface area (Å²) >= 11 is 0. The van der Waals surface area contributed by atoms with Gasteiger partial charge in [-0.25, -0.2) is 0 Å². The molecule has 0 aliphatic carbocycles. The molecule has 4 nitrogen and oxygen atoms in total. The molecule has 0 saturated carbocycles. The van der Waals surface area contributed by atoms with Gasteiger partial charge in [0.2, 0.25) is 0 Å². The zero-order chi connectivity index (χ0) is 14.5. The van der Waals surface area contributed by atoms with Crippen molar-refractivity contribution in [1.29, 1.82) is 0 Å². The summed E-state index contributed by atoms with van der Waals surface area (Å²) in [7, 11) is 0. The third-order valence-corrected chi connectivity index (χ3v) is 2.46. The largest absolute Gasteiger partial charge is 0.453 e. The van der Waals surface area contributed by atoms with Crippen LogP contribution in [0.2, 0.25) is 0 Å². The summed E-state index contributed by atoms with van der Waals surface area (Å²) in [6.07, 6.45) is 6.08. The van der Waals surface area contributed by atoms with Gasteiger partial charge >= 0.3 is 0 Å². The van der Waals surface area contributed by atoms with E-state index >= 15 is 0 Å². The molecule has 0 aliphatic rings. The van der Waals surface area contributed by atoms with Crippen molar-refractivity contribution < 1.29 is 18.4 Å². The highest BCUT2D eigenvalue weighted by atomic mass is 16.4. The lowest BCUT2D eigenvalue weighted by Crippen LogP contribution is -1.78. The van der Waals surface area contributed by atoms with Crippen LogP contribution >= 0.6 is 0 Å². The minimum atomic E-state index is -0.0439. The Kier molecular flexibility index (Phi) is 4.15. The van der Waals surface area contributed by atoms with Crippen LogP contribution in [0.1, 0.15) is 25.4 Å². The van der Waals surface area contributed by atoms with Crippen molar-refractivity contribution >= 4 is 23.7 Å². The predicted molar refractivity (Wildman–Crippen MR) is 75.8 cm³/mol. The highest BCUT2D eigenvalue weighted by Gasteiger charge is 2.07. The minimum Gasteiger partial charge on any atom is -0.453 e. The van der Waals surface area contributed by atoms with Gasteiger partial charge in [0.15, 0.2) is 23.1 Å². The van der Waals surface area contributed by atoms with Gasteiger partial charge in [-0.05, 0) is 62.4 Å². The maximum absolute atomic E-state index is 10.8. The predicted octanol–water partition coefficient (Wildman–Crippen LogP) is 3.74. The van der Waals surface area contributed by atoms with Crippen molar-refractivity contribution in [2.24, 2.45) is 0 Å². The zero-order valence-electron chi connectivity index (χ0n) is 11.3. The van der Waals surface area contributed by atoms with Crippen LogP contribution in [-0.2, 0) is 9.59 Å². The lowest BCUT2D eigenvalue weighted by molar-refractivity contribution is -0.113. The van der Waals surface area contributed by atoms with Crippen LogP contribution in [0.3, 0.4) is 0 Å². The van der Waals surface area contributed by atoms with Crippen LogP contribution in [0.5, 0.6) is 0 Å². The van der Waals surface area contributed by atoms with Gasteiger partial charge in [-0.15, -0.1) is 0 Å². The molecule has 0 aromatic carbocycles. The van der Waals surface area contributed by atoms with Gasteiger partial charge in [0.1, 0.15) is 11.5 Å². The molecule has 0 saturated heterocycles. The molecule has 0 N–H and O–H groups in total. The molecule has 2 aromatic rings. The summed E-state index contributed by atoms with van der Waals surface area (Å²) in [5, 5.41) is 0. The molecule has 0 spiro atoms. The van der Waals surface area contributed by atoms with Crippen LogP contribution < -0.4 is 0 Å². The van der Waals surface area contributed by atoms with Gasteiger partial charge in [0.05, 0.1) is 0 Å². The summed E-state index contributed by atoms with van der Waals surface area (Å²) < 4.78 is 11.1. The molecule has 0 bridgehead atoms. The molecule has 0 atom stereocenters. The van der Waals surface area contributed by atoms with Crippen molar-refractivity contribution in [3.63, 3.8) is 0 Å². The monoisotopic (exact) mass is 270 g/mol. The molecule has 2 aromatic heterocycles. The van der Waals surface area contributed by atoms with Crippen LogP contribution in [-0.4, -0.2) is 11.6 Å². The Morgan fingerprint density at radius 1 is 0.800 bits per heavy atom. The molecule has 0 fully saturated rings.